The first-order valence-electron chi connectivity index (χ1n) is 8.29. The number of aryl methyl sites for hydroxylation is 1. The van der Waals surface area contributed by atoms with Gasteiger partial charge in [-0.2, -0.15) is 5.10 Å². The van der Waals surface area contributed by atoms with Crippen molar-refractivity contribution in [1.82, 2.24) is 29.0 Å². The largest absolute Gasteiger partial charge is 0.333 e. The molecule has 24 heavy (non-hydrogen) atoms. The summed E-state index contributed by atoms with van der Waals surface area (Å²) in [6.45, 7) is 3.06. The smallest absolute Gasteiger partial charge is 0.243 e. The Morgan fingerprint density at radius 1 is 1.33 bits per heavy atom. The van der Waals surface area contributed by atoms with Crippen molar-refractivity contribution in [1.29, 1.82) is 0 Å². The van der Waals surface area contributed by atoms with Crippen molar-refractivity contribution in [3.8, 4) is 0 Å². The summed E-state index contributed by atoms with van der Waals surface area (Å²) in [7, 11) is 0. The number of nitrogens with zero attached hydrogens (tertiary/aromatic N) is 6. The molecular weight excluding hydrogens is 304 g/mol. The van der Waals surface area contributed by atoms with Crippen molar-refractivity contribution < 1.29 is 4.79 Å². The highest BCUT2D eigenvalue weighted by molar-refractivity contribution is 5.76. The summed E-state index contributed by atoms with van der Waals surface area (Å²) in [4.78, 5) is 23.5. The maximum absolute atomic E-state index is 12.7. The van der Waals surface area contributed by atoms with Crippen LogP contribution in [0.2, 0.25) is 0 Å². The zero-order chi connectivity index (χ0) is 16.5. The van der Waals surface area contributed by atoms with Gasteiger partial charge in [-0.1, -0.05) is 0 Å². The van der Waals surface area contributed by atoms with Crippen LogP contribution in [-0.4, -0.2) is 41.5 Å². The predicted molar refractivity (Wildman–Crippen MR) is 88.3 cm³/mol. The second-order valence-corrected chi connectivity index (χ2v) is 6.27. The van der Waals surface area contributed by atoms with E-state index in [1.54, 1.807) is 17.0 Å². The average Bonchev–Trinajstić information content (AvgIpc) is 3.22. The van der Waals surface area contributed by atoms with Gasteiger partial charge < -0.3 is 9.47 Å². The molecule has 1 atom stereocenters. The quantitative estimate of drug-likeness (QED) is 0.739. The van der Waals surface area contributed by atoms with Gasteiger partial charge in [-0.05, 0) is 32.3 Å². The Balaban J connectivity index is 1.61. The zero-order valence-electron chi connectivity index (χ0n) is 13.7. The van der Waals surface area contributed by atoms with E-state index in [9.17, 15) is 4.79 Å². The molecule has 4 heterocycles. The molecule has 1 unspecified atom stereocenters. The molecule has 124 valence electrons. The molecule has 0 radical (unpaired) electrons. The first-order chi connectivity index (χ1) is 11.7. The van der Waals surface area contributed by atoms with Gasteiger partial charge in [0.25, 0.3) is 0 Å². The fourth-order valence-electron chi connectivity index (χ4n) is 3.36. The summed E-state index contributed by atoms with van der Waals surface area (Å²) in [6.07, 6.45) is 10.2. The lowest BCUT2D eigenvalue weighted by molar-refractivity contribution is -0.135. The third-order valence-corrected chi connectivity index (χ3v) is 4.51. The molecule has 0 bridgehead atoms. The van der Waals surface area contributed by atoms with E-state index in [1.165, 1.54) is 0 Å². The molecule has 1 amide bonds. The number of fused-ring (bicyclic) bond motifs is 1. The number of rotatable bonds is 3. The van der Waals surface area contributed by atoms with E-state index in [0.717, 1.165) is 42.8 Å². The number of hydrogen-bond donors (Lipinski definition) is 0. The summed E-state index contributed by atoms with van der Waals surface area (Å²) in [5.74, 6) is 0.115. The van der Waals surface area contributed by atoms with Gasteiger partial charge in [0.1, 0.15) is 6.54 Å². The van der Waals surface area contributed by atoms with Crippen molar-refractivity contribution in [3.05, 3.63) is 48.4 Å². The molecule has 0 aliphatic carbocycles. The van der Waals surface area contributed by atoms with E-state index in [0.29, 0.717) is 6.54 Å². The van der Waals surface area contributed by atoms with E-state index in [1.807, 2.05) is 40.9 Å². The van der Waals surface area contributed by atoms with E-state index in [2.05, 4.69) is 10.1 Å². The fourth-order valence-corrected chi connectivity index (χ4v) is 3.36. The Morgan fingerprint density at radius 2 is 2.25 bits per heavy atom. The van der Waals surface area contributed by atoms with Crippen LogP contribution in [-0.2, 0) is 11.3 Å². The lowest BCUT2D eigenvalue weighted by Gasteiger charge is -2.35. The van der Waals surface area contributed by atoms with Crippen LogP contribution in [0.25, 0.3) is 5.65 Å². The molecule has 0 N–H and O–H groups in total. The number of amides is 1. The van der Waals surface area contributed by atoms with Crippen molar-refractivity contribution >= 4 is 11.6 Å². The van der Waals surface area contributed by atoms with Gasteiger partial charge in [-0.25, -0.2) is 14.5 Å². The maximum Gasteiger partial charge on any atom is 0.243 e. The van der Waals surface area contributed by atoms with E-state index in [4.69, 9.17) is 4.98 Å². The lowest BCUT2D eigenvalue weighted by Crippen LogP contribution is -2.40. The first-order valence-corrected chi connectivity index (χ1v) is 8.29. The molecule has 4 rings (SSSR count). The molecule has 1 aliphatic rings. The molecular formula is C17H20N6O. The number of piperidine rings is 1. The number of hydrogen-bond acceptors (Lipinski definition) is 4. The molecule has 0 aromatic carbocycles. The van der Waals surface area contributed by atoms with Crippen molar-refractivity contribution in [2.45, 2.75) is 38.8 Å². The Morgan fingerprint density at radius 3 is 3.08 bits per heavy atom. The van der Waals surface area contributed by atoms with Crippen LogP contribution in [0.3, 0.4) is 0 Å². The highest BCUT2D eigenvalue weighted by Gasteiger charge is 2.29. The van der Waals surface area contributed by atoms with Gasteiger partial charge in [0.15, 0.2) is 5.65 Å². The number of imidazole rings is 1. The number of likely N-dealkylation sites (tertiary alicyclic amines) is 1. The Bertz CT molecular complexity index is 853. The summed E-state index contributed by atoms with van der Waals surface area (Å²) >= 11 is 0. The minimum atomic E-state index is 0.0370. The minimum Gasteiger partial charge on any atom is -0.333 e. The molecule has 1 fully saturated rings. The van der Waals surface area contributed by atoms with Gasteiger partial charge in [0.2, 0.25) is 5.91 Å². The zero-order valence-corrected chi connectivity index (χ0v) is 13.7. The van der Waals surface area contributed by atoms with Crippen molar-refractivity contribution in [2.24, 2.45) is 0 Å². The van der Waals surface area contributed by atoms with Crippen LogP contribution in [0.1, 0.15) is 36.7 Å². The SMILES string of the molecule is Cc1cc2nc(C3CCCCN3C(=O)Cn3ccnc3)ccn2n1. The number of aromatic nitrogens is 5. The Labute approximate surface area is 139 Å². The fraction of sp³-hybridized carbons (Fsp3) is 0.412. The summed E-state index contributed by atoms with van der Waals surface area (Å²) in [5, 5.41) is 4.37. The van der Waals surface area contributed by atoms with Crippen LogP contribution in [0.5, 0.6) is 0 Å². The number of carbonyl (C=O) groups excluding carboxylic acids is 1. The Hall–Kier alpha value is -2.70. The minimum absolute atomic E-state index is 0.0370. The standard InChI is InChI=1S/C17H20N6O/c1-13-10-16-19-14(5-8-23(16)20-13)15-4-2-3-7-22(15)17(24)11-21-9-6-18-12-21/h5-6,8-10,12,15H,2-4,7,11H2,1H3. The lowest BCUT2D eigenvalue weighted by atomic mass is 9.99. The molecule has 1 saturated heterocycles. The summed E-state index contributed by atoms with van der Waals surface area (Å²) < 4.78 is 3.59. The van der Waals surface area contributed by atoms with Crippen LogP contribution >= 0.6 is 0 Å². The second-order valence-electron chi connectivity index (χ2n) is 6.27. The van der Waals surface area contributed by atoms with Gasteiger partial charge in [-0.3, -0.25) is 4.79 Å². The molecule has 1 aliphatic heterocycles. The average molecular weight is 324 g/mol. The third-order valence-electron chi connectivity index (χ3n) is 4.51. The van der Waals surface area contributed by atoms with Crippen LogP contribution in [0, 0.1) is 6.92 Å². The van der Waals surface area contributed by atoms with Gasteiger partial charge in [0.05, 0.1) is 23.8 Å². The molecule has 7 heteroatoms. The summed E-state index contributed by atoms with van der Waals surface area (Å²) in [6, 6.07) is 3.98. The van der Waals surface area contributed by atoms with Crippen LogP contribution < -0.4 is 0 Å². The van der Waals surface area contributed by atoms with Crippen LogP contribution in [0.4, 0.5) is 0 Å². The molecule has 3 aromatic rings. The van der Waals surface area contributed by atoms with Crippen LogP contribution in [0.15, 0.2) is 37.1 Å². The van der Waals surface area contributed by atoms with E-state index >= 15 is 0 Å². The summed E-state index contributed by atoms with van der Waals surface area (Å²) in [5.41, 5.74) is 2.72. The maximum atomic E-state index is 12.7. The first kappa shape index (κ1) is 14.9. The predicted octanol–water partition coefficient (Wildman–Crippen LogP) is 1.99. The van der Waals surface area contributed by atoms with Crippen molar-refractivity contribution in [3.63, 3.8) is 0 Å². The highest BCUT2D eigenvalue weighted by atomic mass is 16.2. The van der Waals surface area contributed by atoms with E-state index < -0.39 is 0 Å². The van der Waals surface area contributed by atoms with Gasteiger partial charge >= 0.3 is 0 Å². The molecule has 3 aromatic heterocycles. The molecule has 0 spiro atoms. The topological polar surface area (TPSA) is 68.3 Å². The van der Waals surface area contributed by atoms with Crippen molar-refractivity contribution in [2.75, 3.05) is 6.54 Å². The molecule has 0 saturated carbocycles. The number of carbonyl (C=O) groups is 1. The van der Waals surface area contributed by atoms with E-state index in [-0.39, 0.29) is 11.9 Å². The van der Waals surface area contributed by atoms with Gasteiger partial charge in [-0.15, -0.1) is 0 Å². The highest BCUT2D eigenvalue weighted by Crippen LogP contribution is 2.30. The second kappa shape index (κ2) is 6.07. The monoisotopic (exact) mass is 324 g/mol. The Kier molecular flexibility index (Phi) is 3.76. The third kappa shape index (κ3) is 2.77. The molecule has 7 nitrogen and oxygen atoms in total. The normalized spacial score (nSPS) is 18.2. The van der Waals surface area contributed by atoms with Gasteiger partial charge in [0, 0.05) is 31.2 Å².